The smallest absolute Gasteiger partial charge is 0.325 e. The molecular weight excluding hydrogens is 364 g/mol. The number of rotatable bonds is 4. The second-order valence-corrected chi connectivity index (χ2v) is 7.37. The van der Waals surface area contributed by atoms with Gasteiger partial charge >= 0.3 is 5.69 Å². The number of pyridine rings is 1. The molecule has 0 aliphatic heterocycles. The first-order chi connectivity index (χ1) is 12.8. The molecule has 1 N–H and O–H groups in total. The van der Waals surface area contributed by atoms with Crippen molar-refractivity contribution in [2.24, 2.45) is 14.1 Å². The minimum absolute atomic E-state index is 0.139. The molecule has 1 aromatic carbocycles. The Bertz CT molecular complexity index is 1160. The molecule has 0 aliphatic rings. The van der Waals surface area contributed by atoms with E-state index in [0.29, 0.717) is 15.9 Å². The quantitative estimate of drug-likeness (QED) is 0.695. The molecule has 1 amide bonds. The highest BCUT2D eigenvalue weighted by molar-refractivity contribution is 8.00. The van der Waals surface area contributed by atoms with Crippen LogP contribution in [0.15, 0.2) is 44.9 Å². The molecule has 0 spiro atoms. The molecule has 0 aliphatic carbocycles. The molecule has 27 heavy (non-hydrogen) atoms. The number of thioether (sulfide) groups is 1. The molecular formula is C19H20N4O3S. The van der Waals surface area contributed by atoms with Crippen molar-refractivity contribution in [3.05, 3.63) is 62.4 Å². The molecule has 0 saturated carbocycles. The molecule has 0 bridgehead atoms. The van der Waals surface area contributed by atoms with Crippen LogP contribution in [0.25, 0.3) is 11.0 Å². The van der Waals surface area contributed by atoms with E-state index in [0.717, 1.165) is 21.4 Å². The molecule has 3 rings (SSSR count). The van der Waals surface area contributed by atoms with Gasteiger partial charge in [-0.15, -0.1) is 11.8 Å². The van der Waals surface area contributed by atoms with Gasteiger partial charge in [-0.1, -0.05) is 12.1 Å². The molecule has 7 nitrogen and oxygen atoms in total. The van der Waals surface area contributed by atoms with E-state index in [1.165, 1.54) is 23.4 Å². The van der Waals surface area contributed by atoms with E-state index in [2.05, 4.69) is 10.3 Å². The van der Waals surface area contributed by atoms with Crippen molar-refractivity contribution in [1.29, 1.82) is 0 Å². The number of fused-ring (bicyclic) bond motifs is 1. The number of aryl methyl sites for hydroxylation is 3. The zero-order chi connectivity index (χ0) is 19.7. The first-order valence-corrected chi connectivity index (χ1v) is 9.33. The molecule has 0 saturated heterocycles. The number of anilines is 1. The summed E-state index contributed by atoms with van der Waals surface area (Å²) in [6.45, 7) is 3.79. The van der Waals surface area contributed by atoms with Gasteiger partial charge in [-0.3, -0.25) is 18.7 Å². The number of amides is 1. The summed E-state index contributed by atoms with van der Waals surface area (Å²) in [5, 5.41) is 3.21. The lowest BCUT2D eigenvalue weighted by atomic mass is 10.2. The predicted molar refractivity (Wildman–Crippen MR) is 107 cm³/mol. The zero-order valence-electron chi connectivity index (χ0n) is 15.6. The van der Waals surface area contributed by atoms with Crippen molar-refractivity contribution in [1.82, 2.24) is 14.1 Å². The predicted octanol–water partition coefficient (Wildman–Crippen LogP) is 1.98. The summed E-state index contributed by atoms with van der Waals surface area (Å²) in [4.78, 5) is 42.0. The highest BCUT2D eigenvalue weighted by atomic mass is 32.2. The average molecular weight is 384 g/mol. The van der Waals surface area contributed by atoms with Crippen LogP contribution >= 0.6 is 11.8 Å². The van der Waals surface area contributed by atoms with Crippen molar-refractivity contribution in [2.45, 2.75) is 18.7 Å². The Hall–Kier alpha value is -2.87. The fourth-order valence-electron chi connectivity index (χ4n) is 2.84. The second-order valence-electron chi connectivity index (χ2n) is 6.38. The Morgan fingerprint density at radius 3 is 2.63 bits per heavy atom. The Morgan fingerprint density at radius 2 is 1.93 bits per heavy atom. The van der Waals surface area contributed by atoms with Gasteiger partial charge in [-0.25, -0.2) is 9.78 Å². The summed E-state index contributed by atoms with van der Waals surface area (Å²) in [6, 6.07) is 7.55. The van der Waals surface area contributed by atoms with Crippen LogP contribution in [-0.4, -0.2) is 25.8 Å². The van der Waals surface area contributed by atoms with Crippen molar-refractivity contribution in [3.8, 4) is 0 Å². The minimum Gasteiger partial charge on any atom is -0.325 e. The van der Waals surface area contributed by atoms with E-state index in [1.54, 1.807) is 13.2 Å². The highest BCUT2D eigenvalue weighted by Crippen LogP contribution is 2.27. The number of carbonyl (C=O) groups is 1. The van der Waals surface area contributed by atoms with Gasteiger partial charge < -0.3 is 5.32 Å². The maximum absolute atomic E-state index is 12.6. The van der Waals surface area contributed by atoms with Gasteiger partial charge in [0.25, 0.3) is 5.56 Å². The Labute approximate surface area is 160 Å². The number of nitrogens with one attached hydrogen (secondary N) is 1. The fraction of sp³-hybridized carbons (Fsp3) is 0.263. The molecule has 0 unspecified atom stereocenters. The van der Waals surface area contributed by atoms with Crippen LogP contribution in [0.3, 0.4) is 0 Å². The lowest BCUT2D eigenvalue weighted by Crippen LogP contribution is -2.37. The van der Waals surface area contributed by atoms with Crippen LogP contribution in [0, 0.1) is 13.8 Å². The van der Waals surface area contributed by atoms with Crippen molar-refractivity contribution < 1.29 is 4.79 Å². The zero-order valence-corrected chi connectivity index (χ0v) is 16.4. The van der Waals surface area contributed by atoms with Gasteiger partial charge in [0.1, 0.15) is 5.65 Å². The summed E-state index contributed by atoms with van der Waals surface area (Å²) in [5.74, 6) is -0.0310. The molecule has 3 aromatic rings. The highest BCUT2D eigenvalue weighted by Gasteiger charge is 2.17. The standard InChI is InChI=1S/C19H20N4O3S/c1-11-6-5-7-13(8-11)21-14(24)10-27-16-12(2)9-20-17-15(16)18(25)23(4)19(26)22(17)3/h5-9H,10H2,1-4H3,(H,21,24). The summed E-state index contributed by atoms with van der Waals surface area (Å²) in [5.41, 5.74) is 2.04. The lowest BCUT2D eigenvalue weighted by molar-refractivity contribution is -0.113. The van der Waals surface area contributed by atoms with E-state index in [9.17, 15) is 14.4 Å². The van der Waals surface area contributed by atoms with E-state index >= 15 is 0 Å². The third-order valence-electron chi connectivity index (χ3n) is 4.25. The van der Waals surface area contributed by atoms with Gasteiger partial charge in [0.2, 0.25) is 5.91 Å². The SMILES string of the molecule is Cc1cccc(NC(=O)CSc2c(C)cnc3c2c(=O)n(C)c(=O)n3C)c1. The van der Waals surface area contributed by atoms with Crippen molar-refractivity contribution in [3.63, 3.8) is 0 Å². The normalized spacial score (nSPS) is 11.0. The van der Waals surface area contributed by atoms with Crippen LogP contribution in [-0.2, 0) is 18.9 Å². The maximum Gasteiger partial charge on any atom is 0.332 e. The van der Waals surface area contributed by atoms with E-state index in [4.69, 9.17) is 0 Å². The third kappa shape index (κ3) is 3.66. The number of aromatic nitrogens is 3. The largest absolute Gasteiger partial charge is 0.332 e. The first kappa shape index (κ1) is 18.9. The van der Waals surface area contributed by atoms with Gasteiger partial charge in [-0.05, 0) is 37.1 Å². The lowest BCUT2D eigenvalue weighted by Gasteiger charge is -2.12. The van der Waals surface area contributed by atoms with E-state index in [1.807, 2.05) is 38.1 Å². The van der Waals surface area contributed by atoms with Crippen molar-refractivity contribution >= 4 is 34.4 Å². The molecule has 2 heterocycles. The number of hydrogen-bond acceptors (Lipinski definition) is 5. The van der Waals surface area contributed by atoms with E-state index in [-0.39, 0.29) is 11.7 Å². The maximum atomic E-state index is 12.6. The van der Waals surface area contributed by atoms with Gasteiger partial charge in [0.15, 0.2) is 0 Å². The van der Waals surface area contributed by atoms with Crippen LogP contribution in [0.2, 0.25) is 0 Å². The Morgan fingerprint density at radius 1 is 1.19 bits per heavy atom. The monoisotopic (exact) mass is 384 g/mol. The number of nitrogens with zero attached hydrogens (tertiary/aromatic N) is 3. The van der Waals surface area contributed by atoms with Crippen molar-refractivity contribution in [2.75, 3.05) is 11.1 Å². The molecule has 0 fully saturated rings. The van der Waals surface area contributed by atoms with E-state index < -0.39 is 11.2 Å². The topological polar surface area (TPSA) is 86.0 Å². The van der Waals surface area contributed by atoms with Gasteiger partial charge in [0, 0.05) is 30.9 Å². The van der Waals surface area contributed by atoms with Gasteiger partial charge in [-0.2, -0.15) is 0 Å². The second kappa shape index (κ2) is 7.40. The fourth-order valence-corrected chi connectivity index (χ4v) is 3.79. The molecule has 0 radical (unpaired) electrons. The molecule has 0 atom stereocenters. The summed E-state index contributed by atoms with van der Waals surface area (Å²) in [7, 11) is 3.01. The van der Waals surface area contributed by atoms with Crippen LogP contribution in [0.4, 0.5) is 5.69 Å². The number of hydrogen-bond donors (Lipinski definition) is 1. The Balaban J connectivity index is 1.93. The summed E-state index contributed by atoms with van der Waals surface area (Å²) in [6.07, 6.45) is 1.61. The minimum atomic E-state index is -0.433. The summed E-state index contributed by atoms with van der Waals surface area (Å²) < 4.78 is 2.40. The Kier molecular flexibility index (Phi) is 5.18. The molecule has 8 heteroatoms. The number of benzene rings is 1. The van der Waals surface area contributed by atoms with Gasteiger partial charge in [0.05, 0.1) is 11.1 Å². The van der Waals surface area contributed by atoms with Crippen LogP contribution in [0.1, 0.15) is 11.1 Å². The third-order valence-corrected chi connectivity index (χ3v) is 5.47. The first-order valence-electron chi connectivity index (χ1n) is 8.34. The van der Waals surface area contributed by atoms with Crippen LogP contribution in [0.5, 0.6) is 0 Å². The average Bonchev–Trinajstić information content (AvgIpc) is 2.63. The molecule has 140 valence electrons. The summed E-state index contributed by atoms with van der Waals surface area (Å²) >= 11 is 1.26. The van der Waals surface area contributed by atoms with Crippen LogP contribution < -0.4 is 16.6 Å². The molecule has 2 aromatic heterocycles. The number of carbonyl (C=O) groups excluding carboxylic acids is 1.